The Kier molecular flexibility index (Phi) is 6.18. The summed E-state index contributed by atoms with van der Waals surface area (Å²) in [7, 11) is 0. The molecule has 1 N–H and O–H groups in total. The van der Waals surface area contributed by atoms with Gasteiger partial charge in [0.1, 0.15) is 0 Å². The van der Waals surface area contributed by atoms with E-state index in [4.69, 9.17) is 9.84 Å². The van der Waals surface area contributed by atoms with E-state index in [1.807, 2.05) is 0 Å². The number of aliphatic hydroxyl groups excluding tert-OH is 1. The van der Waals surface area contributed by atoms with Crippen LogP contribution in [0.3, 0.4) is 0 Å². The number of halogens is 3. The van der Waals surface area contributed by atoms with Crippen LogP contribution < -0.4 is 0 Å². The summed E-state index contributed by atoms with van der Waals surface area (Å²) in [5.74, 6) is -1.91. The molecule has 1 atom stereocenters. The van der Waals surface area contributed by atoms with E-state index in [2.05, 4.69) is 0 Å². The van der Waals surface area contributed by atoms with E-state index in [0.717, 1.165) is 6.61 Å². The van der Waals surface area contributed by atoms with Gasteiger partial charge < -0.3 is 14.7 Å². The Labute approximate surface area is 108 Å². The Bertz CT molecular complexity index is 224. The molecule has 1 heterocycles. The van der Waals surface area contributed by atoms with Crippen LogP contribution in [0.15, 0.2) is 0 Å². The third kappa shape index (κ3) is 4.31. The first kappa shape index (κ1) is 15.2. The third-order valence-corrected chi connectivity index (χ3v) is 1.74. The normalized spacial score (nSPS) is 22.1. The zero-order valence-electron chi connectivity index (χ0n) is 7.62. The van der Waals surface area contributed by atoms with Gasteiger partial charge in [-0.25, -0.2) is 0 Å². The standard InChI is InChI=1S/C7H9F3NO3.U/c8-7(9,10)6(13)11-1-2-14-5(3-11)4-12;/h2,5,12H,1,3-4H2;/q-1;. The summed E-state index contributed by atoms with van der Waals surface area (Å²) in [6.45, 7) is 0.201. The molecule has 1 aliphatic heterocycles. The quantitative estimate of drug-likeness (QED) is 0.570. The molecule has 0 aromatic carbocycles. The summed E-state index contributed by atoms with van der Waals surface area (Å²) in [4.78, 5) is 11.3. The fraction of sp³-hybridized carbons (Fsp3) is 0.714. The summed E-state index contributed by atoms with van der Waals surface area (Å²) >= 11 is 0. The molecule has 0 aromatic heterocycles. The van der Waals surface area contributed by atoms with Crippen molar-refractivity contribution in [3.63, 3.8) is 0 Å². The topological polar surface area (TPSA) is 49.8 Å². The molecule has 0 spiro atoms. The van der Waals surface area contributed by atoms with Crippen LogP contribution in [0.2, 0.25) is 0 Å². The minimum Gasteiger partial charge on any atom is -0.545 e. The minimum atomic E-state index is -4.87. The van der Waals surface area contributed by atoms with Gasteiger partial charge in [-0.05, 0) is 0 Å². The van der Waals surface area contributed by atoms with Crippen molar-refractivity contribution < 1.29 is 58.9 Å². The van der Waals surface area contributed by atoms with Crippen LogP contribution in [0.25, 0.3) is 0 Å². The van der Waals surface area contributed by atoms with E-state index < -0.39 is 24.8 Å². The molecule has 15 heavy (non-hydrogen) atoms. The average Bonchev–Trinajstić information content (AvgIpc) is 2.15. The fourth-order valence-corrected chi connectivity index (χ4v) is 1.08. The number of carbonyl (C=O) groups excluding carboxylic acids is 1. The minimum absolute atomic E-state index is 0. The zero-order valence-corrected chi connectivity index (χ0v) is 11.8. The number of rotatable bonds is 1. The second-order valence-electron chi connectivity index (χ2n) is 2.82. The number of hydrogen-bond donors (Lipinski definition) is 1. The Balaban J connectivity index is 0.00000196. The van der Waals surface area contributed by atoms with Gasteiger partial charge >= 0.3 is 12.1 Å². The Morgan fingerprint density at radius 2 is 2.20 bits per heavy atom. The number of alkyl halides is 3. The van der Waals surface area contributed by atoms with Crippen LogP contribution in [0.5, 0.6) is 0 Å². The summed E-state index contributed by atoms with van der Waals surface area (Å²) in [5.41, 5.74) is 0. The largest absolute Gasteiger partial charge is 0.545 e. The van der Waals surface area contributed by atoms with Crippen LogP contribution in [-0.4, -0.2) is 47.9 Å². The Hall–Kier alpha value is 0.232. The van der Waals surface area contributed by atoms with E-state index in [0.29, 0.717) is 4.90 Å². The smallest absolute Gasteiger partial charge is 0.471 e. The average molecular weight is 450 g/mol. The maximum absolute atomic E-state index is 12.0. The zero-order chi connectivity index (χ0) is 10.8. The molecule has 1 rings (SSSR count). The van der Waals surface area contributed by atoms with E-state index in [9.17, 15) is 18.0 Å². The van der Waals surface area contributed by atoms with Crippen molar-refractivity contribution in [3.8, 4) is 0 Å². The predicted molar refractivity (Wildman–Crippen MR) is 38.9 cm³/mol. The van der Waals surface area contributed by atoms with Crippen LogP contribution in [0.1, 0.15) is 0 Å². The summed E-state index contributed by atoms with van der Waals surface area (Å²) in [5, 5.41) is 8.63. The van der Waals surface area contributed by atoms with Crippen molar-refractivity contribution in [2.75, 3.05) is 19.7 Å². The molecule has 0 aromatic rings. The Morgan fingerprint density at radius 1 is 1.60 bits per heavy atom. The third-order valence-electron chi connectivity index (χ3n) is 1.74. The van der Waals surface area contributed by atoms with Crippen molar-refractivity contribution in [2.24, 2.45) is 0 Å². The number of ether oxygens (including phenoxy) is 1. The molecule has 0 aliphatic carbocycles. The molecule has 1 aliphatic rings. The number of morpholine rings is 1. The fourth-order valence-electron chi connectivity index (χ4n) is 1.08. The molecular formula is C7H9F3NO3U-. The predicted octanol–water partition coefficient (Wildman–Crippen LogP) is -0.0698. The van der Waals surface area contributed by atoms with E-state index in [1.165, 1.54) is 0 Å². The Morgan fingerprint density at radius 3 is 2.67 bits per heavy atom. The molecular weight excluding hydrogens is 441 g/mol. The van der Waals surface area contributed by atoms with Gasteiger partial charge in [0.15, 0.2) is 0 Å². The van der Waals surface area contributed by atoms with Gasteiger partial charge in [-0.1, -0.05) is 6.54 Å². The van der Waals surface area contributed by atoms with Crippen LogP contribution in [-0.2, 0) is 9.53 Å². The second kappa shape index (κ2) is 6.09. The first-order valence-corrected chi connectivity index (χ1v) is 3.89. The monoisotopic (exact) mass is 450 g/mol. The first-order chi connectivity index (χ1) is 6.45. The van der Waals surface area contributed by atoms with Gasteiger partial charge in [0.05, 0.1) is 12.7 Å². The summed E-state index contributed by atoms with van der Waals surface area (Å²) < 4.78 is 40.7. The number of hydrogen-bond acceptors (Lipinski definition) is 3. The van der Waals surface area contributed by atoms with Crippen molar-refractivity contribution >= 4 is 5.91 Å². The SMILES string of the molecule is O=C(N1C[CH-]OC(CO)C1)C(F)(F)F.[U]. The van der Waals surface area contributed by atoms with Gasteiger partial charge in [0, 0.05) is 37.7 Å². The van der Waals surface area contributed by atoms with Crippen LogP contribution in [0.4, 0.5) is 13.2 Å². The van der Waals surface area contributed by atoms with E-state index in [1.54, 1.807) is 0 Å². The van der Waals surface area contributed by atoms with Crippen molar-refractivity contribution in [1.82, 2.24) is 4.90 Å². The molecule has 1 amide bonds. The number of amides is 1. The van der Waals surface area contributed by atoms with Crippen LogP contribution in [0, 0.1) is 37.7 Å². The molecule has 8 heteroatoms. The number of nitrogens with zero attached hydrogens (tertiary/aromatic N) is 1. The van der Waals surface area contributed by atoms with Crippen LogP contribution >= 0.6 is 0 Å². The molecule has 4 nitrogen and oxygen atoms in total. The molecule has 1 fully saturated rings. The molecule has 0 radical (unpaired) electrons. The molecule has 1 saturated heterocycles. The van der Waals surface area contributed by atoms with E-state index in [-0.39, 0.29) is 44.2 Å². The second-order valence-corrected chi connectivity index (χ2v) is 2.82. The first-order valence-electron chi connectivity index (χ1n) is 3.89. The molecule has 0 saturated carbocycles. The van der Waals surface area contributed by atoms with Gasteiger partial charge in [-0.2, -0.15) is 19.8 Å². The van der Waals surface area contributed by atoms with E-state index >= 15 is 0 Å². The summed E-state index contributed by atoms with van der Waals surface area (Å²) in [6.07, 6.45) is -5.64. The van der Waals surface area contributed by atoms with Crippen molar-refractivity contribution in [3.05, 3.63) is 6.61 Å². The molecule has 1 unspecified atom stereocenters. The maximum Gasteiger partial charge on any atom is 0.471 e. The van der Waals surface area contributed by atoms with Crippen molar-refractivity contribution in [1.29, 1.82) is 0 Å². The van der Waals surface area contributed by atoms with Gasteiger partial charge in [0.2, 0.25) is 0 Å². The summed E-state index contributed by atoms with van der Waals surface area (Å²) in [6, 6.07) is 0. The van der Waals surface area contributed by atoms with Gasteiger partial charge in [-0.3, -0.25) is 4.79 Å². The van der Waals surface area contributed by atoms with Gasteiger partial charge in [0.25, 0.3) is 0 Å². The maximum atomic E-state index is 12.0. The molecule has 86 valence electrons. The molecule has 0 bridgehead atoms. The number of carbonyl (C=O) groups is 1. The van der Waals surface area contributed by atoms with Crippen molar-refractivity contribution in [2.45, 2.75) is 12.3 Å². The number of aliphatic hydroxyl groups is 1. The van der Waals surface area contributed by atoms with Gasteiger partial charge in [-0.15, -0.1) is 0 Å².